The zero-order valence-corrected chi connectivity index (χ0v) is 19.1. The van der Waals surface area contributed by atoms with Gasteiger partial charge in [-0.2, -0.15) is 0 Å². The van der Waals surface area contributed by atoms with Gasteiger partial charge in [-0.15, -0.1) is 0 Å². The Kier molecular flexibility index (Phi) is 7.33. The molecule has 0 N–H and O–H groups in total. The van der Waals surface area contributed by atoms with E-state index < -0.39 is 0 Å². The highest BCUT2D eigenvalue weighted by Crippen LogP contribution is 2.39. The van der Waals surface area contributed by atoms with Crippen LogP contribution >= 0.6 is 0 Å². The van der Waals surface area contributed by atoms with Crippen LogP contribution in [0.15, 0.2) is 36.4 Å². The van der Waals surface area contributed by atoms with Gasteiger partial charge in [-0.25, -0.2) is 0 Å². The number of hydrogen-bond donors (Lipinski definition) is 0. The standard InChI is InChI=1S/C25H43N/c1-22(2,3)19-24(7,8)26(25(9,10)20-23(4,5)6)18-14-17-21-15-12-11-13-16-21/h11-17H,18-20H2,1-10H3. The minimum absolute atomic E-state index is 0.133. The molecule has 26 heavy (non-hydrogen) atoms. The summed E-state index contributed by atoms with van der Waals surface area (Å²) in [6, 6.07) is 10.6. The monoisotopic (exact) mass is 357 g/mol. The maximum Gasteiger partial charge on any atom is 0.0177 e. The van der Waals surface area contributed by atoms with Crippen molar-refractivity contribution in [3.8, 4) is 0 Å². The Morgan fingerprint density at radius 1 is 0.692 bits per heavy atom. The first kappa shape index (κ1) is 23.0. The van der Waals surface area contributed by atoms with Crippen molar-refractivity contribution < 1.29 is 0 Å². The average molecular weight is 358 g/mol. The number of rotatable bonds is 7. The Hall–Kier alpha value is -1.08. The molecule has 1 aromatic rings. The Bertz CT molecular complexity index is 536. The third-order valence-electron chi connectivity index (χ3n) is 4.79. The van der Waals surface area contributed by atoms with E-state index in [4.69, 9.17) is 0 Å². The molecule has 1 nitrogen and oxygen atoms in total. The fourth-order valence-electron chi connectivity index (χ4n) is 4.96. The van der Waals surface area contributed by atoms with Crippen LogP contribution in [0.4, 0.5) is 0 Å². The van der Waals surface area contributed by atoms with E-state index in [9.17, 15) is 0 Å². The zero-order valence-electron chi connectivity index (χ0n) is 19.1. The average Bonchev–Trinajstić information content (AvgIpc) is 2.38. The summed E-state index contributed by atoms with van der Waals surface area (Å²) in [5.74, 6) is 0. The lowest BCUT2D eigenvalue weighted by molar-refractivity contribution is -0.0158. The summed E-state index contributed by atoms with van der Waals surface area (Å²) in [4.78, 5) is 2.72. The number of hydrogen-bond acceptors (Lipinski definition) is 1. The van der Waals surface area contributed by atoms with Gasteiger partial charge in [0.1, 0.15) is 0 Å². The molecule has 148 valence electrons. The lowest BCUT2D eigenvalue weighted by Crippen LogP contribution is -2.57. The van der Waals surface area contributed by atoms with Crippen molar-refractivity contribution in [2.24, 2.45) is 10.8 Å². The highest BCUT2D eigenvalue weighted by molar-refractivity contribution is 5.48. The predicted molar refractivity (Wildman–Crippen MR) is 118 cm³/mol. The first-order valence-corrected chi connectivity index (χ1v) is 10.1. The van der Waals surface area contributed by atoms with Gasteiger partial charge in [0.15, 0.2) is 0 Å². The van der Waals surface area contributed by atoms with Crippen molar-refractivity contribution in [3.05, 3.63) is 42.0 Å². The molecule has 0 fully saturated rings. The largest absolute Gasteiger partial charge is 0.289 e. The summed E-state index contributed by atoms with van der Waals surface area (Å²) in [6.45, 7) is 24.7. The van der Waals surface area contributed by atoms with Crippen molar-refractivity contribution in [2.75, 3.05) is 6.54 Å². The summed E-state index contributed by atoms with van der Waals surface area (Å²) in [5.41, 5.74) is 2.16. The first-order chi connectivity index (χ1) is 11.6. The van der Waals surface area contributed by atoms with Gasteiger partial charge in [0.05, 0.1) is 0 Å². The van der Waals surface area contributed by atoms with Crippen LogP contribution in [0.25, 0.3) is 6.08 Å². The van der Waals surface area contributed by atoms with Crippen molar-refractivity contribution in [2.45, 2.75) is 93.2 Å². The smallest absolute Gasteiger partial charge is 0.0177 e. The van der Waals surface area contributed by atoms with Gasteiger partial charge < -0.3 is 0 Å². The molecule has 0 unspecified atom stereocenters. The highest BCUT2D eigenvalue weighted by Gasteiger charge is 2.40. The van der Waals surface area contributed by atoms with E-state index in [1.54, 1.807) is 0 Å². The topological polar surface area (TPSA) is 3.24 Å². The summed E-state index contributed by atoms with van der Waals surface area (Å²) in [6.07, 6.45) is 6.94. The molecule has 1 rings (SSSR count). The predicted octanol–water partition coefficient (Wildman–Crippen LogP) is 7.43. The first-order valence-electron chi connectivity index (χ1n) is 10.1. The number of benzene rings is 1. The molecule has 0 atom stereocenters. The van der Waals surface area contributed by atoms with E-state index in [0.29, 0.717) is 10.8 Å². The second-order valence-electron chi connectivity index (χ2n) is 11.5. The van der Waals surface area contributed by atoms with Gasteiger partial charge in [0.25, 0.3) is 0 Å². The lowest BCUT2D eigenvalue weighted by atomic mass is 9.75. The second kappa shape index (κ2) is 8.30. The van der Waals surface area contributed by atoms with E-state index in [1.165, 1.54) is 18.4 Å². The molecule has 0 radical (unpaired) electrons. The van der Waals surface area contributed by atoms with Crippen LogP contribution in [0.5, 0.6) is 0 Å². The maximum atomic E-state index is 2.72. The molecule has 0 heterocycles. The van der Waals surface area contributed by atoms with Crippen molar-refractivity contribution in [1.29, 1.82) is 0 Å². The van der Waals surface area contributed by atoms with Crippen LogP contribution in [-0.2, 0) is 0 Å². The molecule has 0 amide bonds. The van der Waals surface area contributed by atoms with E-state index in [2.05, 4.69) is 117 Å². The van der Waals surface area contributed by atoms with Crippen LogP contribution in [-0.4, -0.2) is 22.5 Å². The van der Waals surface area contributed by atoms with Crippen LogP contribution in [0.3, 0.4) is 0 Å². The Morgan fingerprint density at radius 3 is 1.50 bits per heavy atom. The van der Waals surface area contributed by atoms with Crippen LogP contribution < -0.4 is 0 Å². The van der Waals surface area contributed by atoms with E-state index in [-0.39, 0.29) is 11.1 Å². The fraction of sp³-hybridized carbons (Fsp3) is 0.680. The third-order valence-corrected chi connectivity index (χ3v) is 4.79. The van der Waals surface area contributed by atoms with Crippen LogP contribution in [0, 0.1) is 10.8 Å². The third kappa shape index (κ3) is 8.08. The van der Waals surface area contributed by atoms with Gasteiger partial charge >= 0.3 is 0 Å². The van der Waals surface area contributed by atoms with E-state index in [1.807, 2.05) is 0 Å². The van der Waals surface area contributed by atoms with Crippen molar-refractivity contribution in [3.63, 3.8) is 0 Å². The molecule has 0 aliphatic heterocycles. The molecule has 1 aromatic carbocycles. The van der Waals surface area contributed by atoms with Gasteiger partial charge in [0.2, 0.25) is 0 Å². The molecular formula is C25H43N. The second-order valence-corrected chi connectivity index (χ2v) is 11.5. The lowest BCUT2D eigenvalue weighted by Gasteiger charge is -2.52. The maximum absolute atomic E-state index is 2.72. The SMILES string of the molecule is CC(C)(C)CC(C)(C)N(CC=Cc1ccccc1)C(C)(C)CC(C)(C)C. The van der Waals surface area contributed by atoms with Gasteiger partial charge in [0, 0.05) is 17.6 Å². The highest BCUT2D eigenvalue weighted by atomic mass is 15.2. The molecule has 1 heteroatoms. The molecule has 0 spiro atoms. The van der Waals surface area contributed by atoms with Crippen LogP contribution in [0.2, 0.25) is 0 Å². The minimum Gasteiger partial charge on any atom is -0.289 e. The zero-order chi connectivity index (χ0) is 20.2. The molecular weight excluding hydrogens is 314 g/mol. The van der Waals surface area contributed by atoms with E-state index >= 15 is 0 Å². The van der Waals surface area contributed by atoms with Gasteiger partial charge in [-0.1, -0.05) is 84.0 Å². The molecule has 0 bridgehead atoms. The molecule has 0 aromatic heterocycles. The van der Waals surface area contributed by atoms with E-state index in [0.717, 1.165) is 6.54 Å². The molecule has 0 saturated carbocycles. The molecule has 0 saturated heterocycles. The fourth-order valence-corrected chi connectivity index (χ4v) is 4.96. The minimum atomic E-state index is 0.133. The summed E-state index contributed by atoms with van der Waals surface area (Å²) < 4.78 is 0. The Labute approximate surface area is 163 Å². The Balaban J connectivity index is 3.10. The van der Waals surface area contributed by atoms with Crippen molar-refractivity contribution >= 4 is 6.08 Å². The number of nitrogens with zero attached hydrogens (tertiary/aromatic N) is 1. The summed E-state index contributed by atoms with van der Waals surface area (Å²) in [7, 11) is 0. The Morgan fingerprint density at radius 2 is 1.12 bits per heavy atom. The quantitative estimate of drug-likeness (QED) is 0.490. The molecule has 0 aliphatic carbocycles. The molecule has 0 aliphatic rings. The summed E-state index contributed by atoms with van der Waals surface area (Å²) >= 11 is 0. The summed E-state index contributed by atoms with van der Waals surface area (Å²) in [5, 5.41) is 0. The normalized spacial score (nSPS) is 14.4. The van der Waals surface area contributed by atoms with Gasteiger partial charge in [-0.05, 0) is 56.9 Å². The van der Waals surface area contributed by atoms with Crippen LogP contribution in [0.1, 0.15) is 87.6 Å². The van der Waals surface area contributed by atoms with Crippen molar-refractivity contribution in [1.82, 2.24) is 4.90 Å². The van der Waals surface area contributed by atoms with Gasteiger partial charge in [-0.3, -0.25) is 4.90 Å².